The van der Waals surface area contributed by atoms with Gasteiger partial charge in [0.1, 0.15) is 16.5 Å². The molecule has 0 bridgehead atoms. The molecule has 3 aromatic rings. The number of benzene rings is 2. The van der Waals surface area contributed by atoms with E-state index in [4.69, 9.17) is 4.74 Å². The van der Waals surface area contributed by atoms with Gasteiger partial charge < -0.3 is 25.2 Å². The molecule has 4 rings (SSSR count). The summed E-state index contributed by atoms with van der Waals surface area (Å²) in [7, 11) is 1.23. The maximum absolute atomic E-state index is 13.0. The zero-order valence-electron chi connectivity index (χ0n) is 20.7. The van der Waals surface area contributed by atoms with E-state index >= 15 is 0 Å². The van der Waals surface area contributed by atoms with E-state index in [1.54, 1.807) is 42.6 Å². The minimum Gasteiger partial charge on any atom is -0.495 e. The largest absolute Gasteiger partial charge is 0.495 e. The standard InChI is InChI=1S/C24H28BrN7O4S/c1-26-37(34,35)21-7-5-4-6-19(21)28-22-17(25)15-27-24(30-22)29-18-9-8-16(14-20(18)36-3)23(33)32-12-10-31(2)11-13-32/h4-9,14-15,26H,10-13H2,1-3H3,(H2,27,28,29,30). The highest BCUT2D eigenvalue weighted by Gasteiger charge is 2.22. The molecule has 1 saturated heterocycles. The van der Waals surface area contributed by atoms with Gasteiger partial charge in [-0.3, -0.25) is 4.79 Å². The van der Waals surface area contributed by atoms with Gasteiger partial charge in [-0.05, 0) is 60.4 Å². The van der Waals surface area contributed by atoms with Crippen LogP contribution in [0.3, 0.4) is 0 Å². The van der Waals surface area contributed by atoms with Crippen molar-refractivity contribution in [3.8, 4) is 5.75 Å². The Morgan fingerprint density at radius 3 is 2.49 bits per heavy atom. The van der Waals surface area contributed by atoms with Crippen LogP contribution in [0, 0.1) is 0 Å². The topological polar surface area (TPSA) is 129 Å². The molecule has 1 fully saturated rings. The van der Waals surface area contributed by atoms with Crippen molar-refractivity contribution in [2.45, 2.75) is 4.90 Å². The predicted molar refractivity (Wildman–Crippen MR) is 145 cm³/mol. The fourth-order valence-corrected chi connectivity index (χ4v) is 4.97. The zero-order chi connectivity index (χ0) is 26.6. The lowest BCUT2D eigenvalue weighted by atomic mass is 10.1. The summed E-state index contributed by atoms with van der Waals surface area (Å²) in [5.41, 5.74) is 1.46. The minimum absolute atomic E-state index is 0.0421. The fraction of sp³-hybridized carbons (Fsp3) is 0.292. The first-order valence-electron chi connectivity index (χ1n) is 11.5. The monoisotopic (exact) mass is 589 g/mol. The predicted octanol–water partition coefficient (Wildman–Crippen LogP) is 3.03. The first kappa shape index (κ1) is 26.8. The number of piperazine rings is 1. The van der Waals surface area contributed by atoms with Crippen LogP contribution >= 0.6 is 15.9 Å². The molecule has 0 atom stereocenters. The molecule has 13 heteroatoms. The van der Waals surface area contributed by atoms with E-state index in [1.165, 1.54) is 20.2 Å². The Hall–Kier alpha value is -3.26. The van der Waals surface area contributed by atoms with Crippen molar-refractivity contribution >= 4 is 55.0 Å². The lowest BCUT2D eigenvalue weighted by molar-refractivity contribution is 0.0664. The maximum Gasteiger partial charge on any atom is 0.254 e. The SMILES string of the molecule is CNS(=O)(=O)c1ccccc1Nc1nc(Nc2ccc(C(=O)N3CCN(C)CC3)cc2OC)ncc1Br. The Morgan fingerprint density at radius 1 is 1.05 bits per heavy atom. The Morgan fingerprint density at radius 2 is 1.78 bits per heavy atom. The van der Waals surface area contributed by atoms with E-state index in [0.717, 1.165) is 13.1 Å². The molecule has 0 radical (unpaired) electrons. The number of amides is 1. The first-order valence-corrected chi connectivity index (χ1v) is 13.7. The Bertz CT molecular complexity index is 1400. The summed E-state index contributed by atoms with van der Waals surface area (Å²) in [6.07, 6.45) is 1.55. The number of nitrogens with zero attached hydrogens (tertiary/aromatic N) is 4. The van der Waals surface area contributed by atoms with Crippen molar-refractivity contribution in [3.05, 3.63) is 58.7 Å². The molecular weight excluding hydrogens is 562 g/mol. The van der Waals surface area contributed by atoms with Gasteiger partial charge in [0.25, 0.3) is 5.91 Å². The van der Waals surface area contributed by atoms with Crippen molar-refractivity contribution in [1.29, 1.82) is 0 Å². The molecule has 2 aromatic carbocycles. The molecule has 196 valence electrons. The third-order valence-corrected chi connectivity index (χ3v) is 7.98. The van der Waals surface area contributed by atoms with E-state index in [-0.39, 0.29) is 16.8 Å². The van der Waals surface area contributed by atoms with E-state index < -0.39 is 10.0 Å². The van der Waals surface area contributed by atoms with Gasteiger partial charge in [-0.25, -0.2) is 18.1 Å². The van der Waals surface area contributed by atoms with Crippen molar-refractivity contribution in [2.75, 3.05) is 58.0 Å². The molecule has 1 aliphatic rings. The average molecular weight is 591 g/mol. The van der Waals surface area contributed by atoms with E-state index in [9.17, 15) is 13.2 Å². The number of sulfonamides is 1. The Balaban J connectivity index is 1.56. The normalized spacial score (nSPS) is 14.3. The molecular formula is C24H28BrN7O4S. The zero-order valence-corrected chi connectivity index (χ0v) is 23.1. The van der Waals surface area contributed by atoms with Crippen LogP contribution in [0.1, 0.15) is 10.4 Å². The van der Waals surface area contributed by atoms with Gasteiger partial charge in [-0.15, -0.1) is 0 Å². The highest BCUT2D eigenvalue weighted by Crippen LogP contribution is 2.31. The number of methoxy groups -OCH3 is 1. The van der Waals surface area contributed by atoms with Crippen LogP contribution in [0.4, 0.5) is 23.1 Å². The molecule has 1 aliphatic heterocycles. The number of carbonyl (C=O) groups is 1. The number of nitrogens with one attached hydrogen (secondary N) is 3. The van der Waals surface area contributed by atoms with Crippen LogP contribution in [0.25, 0.3) is 0 Å². The Labute approximate surface area is 224 Å². The number of hydrogen-bond acceptors (Lipinski definition) is 9. The molecule has 0 aliphatic carbocycles. The Kier molecular flexibility index (Phi) is 8.27. The van der Waals surface area contributed by atoms with Gasteiger partial charge in [0, 0.05) is 37.9 Å². The number of anilines is 4. The van der Waals surface area contributed by atoms with Gasteiger partial charge in [0.2, 0.25) is 16.0 Å². The summed E-state index contributed by atoms with van der Waals surface area (Å²) < 4.78 is 33.2. The smallest absolute Gasteiger partial charge is 0.254 e. The number of halogens is 1. The molecule has 37 heavy (non-hydrogen) atoms. The third-order valence-electron chi connectivity index (χ3n) is 5.93. The first-order chi connectivity index (χ1) is 17.7. The summed E-state index contributed by atoms with van der Waals surface area (Å²) in [4.78, 5) is 25.9. The quantitative estimate of drug-likeness (QED) is 0.363. The molecule has 2 heterocycles. The van der Waals surface area contributed by atoms with E-state index in [1.807, 2.05) is 11.9 Å². The van der Waals surface area contributed by atoms with Crippen LogP contribution in [0.15, 0.2) is 58.0 Å². The van der Waals surface area contributed by atoms with E-state index in [2.05, 4.69) is 46.2 Å². The van der Waals surface area contributed by atoms with Crippen molar-refractivity contribution < 1.29 is 17.9 Å². The lowest BCUT2D eigenvalue weighted by Gasteiger charge is -2.32. The van der Waals surface area contributed by atoms with Crippen molar-refractivity contribution in [1.82, 2.24) is 24.5 Å². The summed E-state index contributed by atoms with van der Waals surface area (Å²) >= 11 is 3.41. The van der Waals surface area contributed by atoms with Crippen molar-refractivity contribution in [3.63, 3.8) is 0 Å². The summed E-state index contributed by atoms with van der Waals surface area (Å²) in [5, 5.41) is 6.17. The van der Waals surface area contributed by atoms with E-state index in [0.29, 0.717) is 46.1 Å². The van der Waals surface area contributed by atoms with Crippen LogP contribution < -0.4 is 20.1 Å². The highest BCUT2D eigenvalue weighted by molar-refractivity contribution is 9.10. The van der Waals surface area contributed by atoms with Gasteiger partial charge in [0.15, 0.2) is 0 Å². The molecule has 11 nitrogen and oxygen atoms in total. The van der Waals surface area contributed by atoms with Crippen LogP contribution in [-0.4, -0.2) is 81.5 Å². The molecule has 0 unspecified atom stereocenters. The van der Waals surface area contributed by atoms with Gasteiger partial charge >= 0.3 is 0 Å². The van der Waals surface area contributed by atoms with Gasteiger partial charge in [0.05, 0.1) is 23.0 Å². The highest BCUT2D eigenvalue weighted by atomic mass is 79.9. The number of likely N-dealkylation sites (N-methyl/N-ethyl adjacent to an activating group) is 1. The maximum atomic E-state index is 13.0. The number of carbonyl (C=O) groups excluding carboxylic acids is 1. The number of aromatic nitrogens is 2. The van der Waals surface area contributed by atoms with Gasteiger partial charge in [-0.2, -0.15) is 4.98 Å². The number of para-hydroxylation sites is 1. The van der Waals surface area contributed by atoms with Crippen LogP contribution in [0.5, 0.6) is 5.75 Å². The number of ether oxygens (including phenoxy) is 1. The fourth-order valence-electron chi connectivity index (χ4n) is 3.80. The third kappa shape index (κ3) is 6.18. The minimum atomic E-state index is -3.69. The molecule has 0 spiro atoms. The van der Waals surface area contributed by atoms with Crippen LogP contribution in [0.2, 0.25) is 0 Å². The van der Waals surface area contributed by atoms with Gasteiger partial charge in [-0.1, -0.05) is 12.1 Å². The molecule has 3 N–H and O–H groups in total. The second-order valence-corrected chi connectivity index (χ2v) is 11.1. The number of hydrogen-bond donors (Lipinski definition) is 3. The van der Waals surface area contributed by atoms with Crippen LogP contribution in [-0.2, 0) is 10.0 Å². The summed E-state index contributed by atoms with van der Waals surface area (Å²) in [6.45, 7) is 3.04. The summed E-state index contributed by atoms with van der Waals surface area (Å²) in [6, 6.07) is 11.7. The molecule has 0 saturated carbocycles. The lowest BCUT2D eigenvalue weighted by Crippen LogP contribution is -2.47. The molecule has 1 amide bonds. The second kappa shape index (κ2) is 11.4. The number of rotatable bonds is 8. The second-order valence-electron chi connectivity index (χ2n) is 8.35. The van der Waals surface area contributed by atoms with Crippen molar-refractivity contribution in [2.24, 2.45) is 0 Å². The average Bonchev–Trinajstić information content (AvgIpc) is 2.91. The summed E-state index contributed by atoms with van der Waals surface area (Å²) in [5.74, 6) is 1.03. The molecule has 1 aromatic heterocycles.